The number of aromatic nitrogens is 1. The zero-order valence-electron chi connectivity index (χ0n) is 22.1. The first-order chi connectivity index (χ1) is 19.1. The summed E-state index contributed by atoms with van der Waals surface area (Å²) in [5, 5.41) is 1.54. The molecule has 0 aliphatic carbocycles. The molecule has 6 rings (SSSR count). The fourth-order valence-corrected chi connectivity index (χ4v) is 6.57. The van der Waals surface area contributed by atoms with E-state index < -0.39 is 0 Å². The van der Waals surface area contributed by atoms with E-state index in [4.69, 9.17) is 11.6 Å². The van der Waals surface area contributed by atoms with Gasteiger partial charge in [-0.05, 0) is 67.3 Å². The molecule has 200 valence electrons. The smallest absolute Gasteiger partial charge is 0.272 e. The van der Waals surface area contributed by atoms with E-state index in [1.807, 2.05) is 42.5 Å². The largest absolute Gasteiger partial charge is 0.366 e. The number of halogens is 1. The van der Waals surface area contributed by atoms with Gasteiger partial charge in [0.25, 0.3) is 5.56 Å². The minimum atomic E-state index is -0.126. The quantitative estimate of drug-likeness (QED) is 0.313. The summed E-state index contributed by atoms with van der Waals surface area (Å²) in [4.78, 5) is 34.5. The second-order valence-corrected chi connectivity index (χ2v) is 11.4. The van der Waals surface area contributed by atoms with Crippen LogP contribution in [0, 0.1) is 11.8 Å². The number of benzene rings is 3. The molecule has 1 N–H and O–H groups in total. The van der Waals surface area contributed by atoms with Gasteiger partial charge in [0.2, 0.25) is 5.91 Å². The lowest BCUT2D eigenvalue weighted by Crippen LogP contribution is -2.48. The van der Waals surface area contributed by atoms with Crippen LogP contribution in [0.3, 0.4) is 0 Å². The predicted octanol–water partition coefficient (Wildman–Crippen LogP) is 6.55. The van der Waals surface area contributed by atoms with Crippen LogP contribution in [0.2, 0.25) is 5.02 Å². The number of carbonyl (C=O) groups is 1. The van der Waals surface area contributed by atoms with Gasteiger partial charge >= 0.3 is 0 Å². The molecule has 4 aromatic rings. The first-order valence-corrected chi connectivity index (χ1v) is 14.4. The van der Waals surface area contributed by atoms with Gasteiger partial charge in [-0.15, -0.1) is 0 Å². The van der Waals surface area contributed by atoms with Crippen LogP contribution < -0.4 is 10.5 Å². The summed E-state index contributed by atoms with van der Waals surface area (Å²) < 4.78 is 0. The van der Waals surface area contributed by atoms with Crippen LogP contribution in [0.5, 0.6) is 0 Å². The molecular formula is C33H34ClN3O2. The summed E-state index contributed by atoms with van der Waals surface area (Å²) in [5.74, 6) is 0.748. The zero-order valence-corrected chi connectivity index (χ0v) is 22.9. The third-order valence-electron chi connectivity index (χ3n) is 8.39. The number of likely N-dealkylation sites (tertiary alicyclic amines) is 1. The Balaban J connectivity index is 1.23. The second-order valence-electron chi connectivity index (χ2n) is 11.0. The van der Waals surface area contributed by atoms with Crippen molar-refractivity contribution in [3.8, 4) is 11.1 Å². The Morgan fingerprint density at radius 3 is 2.36 bits per heavy atom. The fourth-order valence-electron chi connectivity index (χ4n) is 6.40. The Morgan fingerprint density at radius 1 is 0.897 bits per heavy atom. The number of amides is 1. The molecule has 5 nitrogen and oxygen atoms in total. The fraction of sp³-hybridized carbons (Fsp3) is 0.333. The van der Waals surface area contributed by atoms with Crippen molar-refractivity contribution in [2.75, 3.05) is 31.1 Å². The number of anilines is 1. The number of carbonyl (C=O) groups excluding carboxylic acids is 1. The first-order valence-electron chi connectivity index (χ1n) is 14.1. The van der Waals surface area contributed by atoms with Crippen LogP contribution >= 0.6 is 11.6 Å². The summed E-state index contributed by atoms with van der Waals surface area (Å²) in [6, 6.07) is 26.2. The maximum absolute atomic E-state index is 13.7. The molecule has 0 bridgehead atoms. The number of nitrogens with zero attached hydrogens (tertiary/aromatic N) is 2. The Bertz CT molecular complexity index is 1510. The molecule has 1 unspecified atom stereocenters. The van der Waals surface area contributed by atoms with Gasteiger partial charge in [0, 0.05) is 47.7 Å². The van der Waals surface area contributed by atoms with Gasteiger partial charge in [-0.25, -0.2) is 0 Å². The van der Waals surface area contributed by atoms with Crippen molar-refractivity contribution in [3.05, 3.63) is 99.8 Å². The zero-order chi connectivity index (χ0) is 26.8. The third-order valence-corrected chi connectivity index (χ3v) is 8.63. The van der Waals surface area contributed by atoms with Gasteiger partial charge in [-0.1, -0.05) is 72.3 Å². The number of hydrogen-bond donors (Lipinski definition) is 1. The minimum Gasteiger partial charge on any atom is -0.366 e. The highest BCUT2D eigenvalue weighted by Gasteiger charge is 2.33. The van der Waals surface area contributed by atoms with Gasteiger partial charge in [0.1, 0.15) is 5.69 Å². The molecule has 2 aliphatic rings. The highest BCUT2D eigenvalue weighted by atomic mass is 35.5. The normalized spacial score (nSPS) is 18.4. The van der Waals surface area contributed by atoms with Crippen molar-refractivity contribution in [1.82, 2.24) is 9.88 Å². The molecule has 1 aromatic heterocycles. The number of rotatable bonds is 5. The van der Waals surface area contributed by atoms with E-state index in [1.54, 1.807) is 6.07 Å². The Labute approximate surface area is 234 Å². The van der Waals surface area contributed by atoms with Crippen LogP contribution in [0.1, 0.15) is 31.2 Å². The monoisotopic (exact) mass is 539 g/mol. The van der Waals surface area contributed by atoms with Crippen LogP contribution in [-0.2, 0) is 11.2 Å². The maximum Gasteiger partial charge on any atom is 0.272 e. The summed E-state index contributed by atoms with van der Waals surface area (Å²) in [6.07, 6.45) is 4.90. The average Bonchev–Trinajstić information content (AvgIpc) is 2.98. The number of piperidine rings is 2. The van der Waals surface area contributed by atoms with Crippen molar-refractivity contribution in [2.24, 2.45) is 11.8 Å². The van der Waals surface area contributed by atoms with Crippen LogP contribution in [-0.4, -0.2) is 42.0 Å². The van der Waals surface area contributed by atoms with E-state index in [1.165, 1.54) is 5.56 Å². The number of pyridine rings is 1. The lowest BCUT2D eigenvalue weighted by molar-refractivity contribution is -0.137. The summed E-state index contributed by atoms with van der Waals surface area (Å²) in [6.45, 7) is 2.93. The van der Waals surface area contributed by atoms with Gasteiger partial charge in [0.15, 0.2) is 0 Å². The molecule has 6 heteroatoms. The number of fused-ring (bicyclic) bond motifs is 1. The van der Waals surface area contributed by atoms with Crippen LogP contribution in [0.15, 0.2) is 83.7 Å². The Morgan fingerprint density at radius 2 is 1.62 bits per heavy atom. The molecule has 2 aliphatic heterocycles. The van der Waals surface area contributed by atoms with Crippen molar-refractivity contribution in [3.63, 3.8) is 0 Å². The molecule has 0 spiro atoms. The van der Waals surface area contributed by atoms with Gasteiger partial charge in [-0.3, -0.25) is 9.59 Å². The van der Waals surface area contributed by atoms with E-state index in [-0.39, 0.29) is 17.4 Å². The molecule has 3 heterocycles. The number of nitrogens with one attached hydrogen (secondary N) is 1. The molecule has 1 amide bonds. The van der Waals surface area contributed by atoms with E-state index >= 15 is 0 Å². The van der Waals surface area contributed by atoms with E-state index in [0.717, 1.165) is 73.8 Å². The molecule has 1 atom stereocenters. The molecular weight excluding hydrogens is 506 g/mol. The van der Waals surface area contributed by atoms with Crippen molar-refractivity contribution in [2.45, 2.75) is 32.1 Å². The second kappa shape index (κ2) is 11.3. The number of aromatic amines is 1. The van der Waals surface area contributed by atoms with Gasteiger partial charge in [-0.2, -0.15) is 0 Å². The van der Waals surface area contributed by atoms with E-state index in [9.17, 15) is 9.59 Å². The number of H-pyrrole nitrogens is 1. The maximum atomic E-state index is 13.7. The Kier molecular flexibility index (Phi) is 7.43. The standard InChI is InChI=1S/C33H34ClN3O2/c34-27-13-14-29-28(21-27)30(25-10-5-2-6-11-25)31(32(38)35-29)37-17-7-12-26(22-37)33(39)36-18-15-24(16-19-36)20-23-8-3-1-4-9-23/h1-6,8-11,13-14,21,24,26H,7,12,15-20,22H2,(H,35,38). The third kappa shape index (κ3) is 5.46. The topological polar surface area (TPSA) is 56.4 Å². The lowest BCUT2D eigenvalue weighted by atomic mass is 9.88. The highest BCUT2D eigenvalue weighted by Crippen LogP contribution is 2.37. The van der Waals surface area contributed by atoms with E-state index in [2.05, 4.69) is 45.1 Å². The Hall–Kier alpha value is -3.57. The SMILES string of the molecule is O=C(C1CCCN(c2c(-c3ccccc3)c3cc(Cl)ccc3[nH]c2=O)C1)N1CCC(Cc2ccccc2)CC1. The molecule has 2 saturated heterocycles. The van der Waals surface area contributed by atoms with Crippen LogP contribution in [0.25, 0.3) is 22.0 Å². The molecule has 39 heavy (non-hydrogen) atoms. The first kappa shape index (κ1) is 25.7. The van der Waals surface area contributed by atoms with Crippen molar-refractivity contribution < 1.29 is 4.79 Å². The van der Waals surface area contributed by atoms with Crippen molar-refractivity contribution >= 4 is 34.1 Å². The van der Waals surface area contributed by atoms with Gasteiger partial charge < -0.3 is 14.8 Å². The molecule has 0 saturated carbocycles. The molecule has 2 fully saturated rings. The summed E-state index contributed by atoms with van der Waals surface area (Å²) in [7, 11) is 0. The van der Waals surface area contributed by atoms with Crippen LogP contribution in [0.4, 0.5) is 5.69 Å². The molecule has 3 aromatic carbocycles. The summed E-state index contributed by atoms with van der Waals surface area (Å²) >= 11 is 6.41. The lowest BCUT2D eigenvalue weighted by Gasteiger charge is -2.39. The summed E-state index contributed by atoms with van der Waals surface area (Å²) in [5.41, 5.74) is 4.50. The predicted molar refractivity (Wildman–Crippen MR) is 159 cm³/mol. The minimum absolute atomic E-state index is 0.109. The number of hydrogen-bond acceptors (Lipinski definition) is 3. The van der Waals surface area contributed by atoms with Crippen molar-refractivity contribution in [1.29, 1.82) is 0 Å². The highest BCUT2D eigenvalue weighted by molar-refractivity contribution is 6.31. The van der Waals surface area contributed by atoms with Gasteiger partial charge in [0.05, 0.1) is 5.92 Å². The average molecular weight is 540 g/mol. The molecule has 0 radical (unpaired) electrons. The van der Waals surface area contributed by atoms with E-state index in [0.29, 0.717) is 23.2 Å².